The summed E-state index contributed by atoms with van der Waals surface area (Å²) in [6.45, 7) is 7.63. The summed E-state index contributed by atoms with van der Waals surface area (Å²) in [7, 11) is 0. The van der Waals surface area contributed by atoms with Gasteiger partial charge in [0, 0.05) is 18.9 Å². The molecule has 2 nitrogen and oxygen atoms in total. The highest BCUT2D eigenvalue weighted by Crippen LogP contribution is 2.03. The molecular weight excluding hydrogens is 136 g/mol. The Morgan fingerprint density at radius 2 is 2.27 bits per heavy atom. The molecule has 0 radical (unpaired) electrons. The fourth-order valence-corrected chi connectivity index (χ4v) is 1.04. The molecule has 0 bridgehead atoms. The molecule has 1 aromatic heterocycles. The third kappa shape index (κ3) is 2.37. The van der Waals surface area contributed by atoms with Gasteiger partial charge in [0.05, 0.1) is 0 Å². The highest BCUT2D eigenvalue weighted by atomic mass is 15.0. The first-order valence-electron chi connectivity index (χ1n) is 4.18. The number of aryl methyl sites for hydroxylation is 2. The molecule has 11 heavy (non-hydrogen) atoms. The Balaban J connectivity index is 2.44. The van der Waals surface area contributed by atoms with E-state index in [1.807, 2.05) is 19.3 Å². The Labute approximate surface area is 68.3 Å². The molecule has 0 saturated heterocycles. The molecule has 0 atom stereocenters. The van der Waals surface area contributed by atoms with Crippen LogP contribution in [0.5, 0.6) is 0 Å². The van der Waals surface area contributed by atoms with Gasteiger partial charge in [-0.15, -0.1) is 0 Å². The summed E-state index contributed by atoms with van der Waals surface area (Å²) in [6.07, 6.45) is 5.13. The van der Waals surface area contributed by atoms with Crippen LogP contribution in [0, 0.1) is 12.8 Å². The maximum Gasteiger partial charge on any atom is 0.105 e. The summed E-state index contributed by atoms with van der Waals surface area (Å²) >= 11 is 0. The summed E-state index contributed by atoms with van der Waals surface area (Å²) in [5.41, 5.74) is 0. The van der Waals surface area contributed by atoms with Crippen LogP contribution in [0.25, 0.3) is 0 Å². The molecule has 0 aliphatic rings. The SMILES string of the molecule is Cc1nccn1CCC(C)C. The van der Waals surface area contributed by atoms with Crippen LogP contribution in [0.4, 0.5) is 0 Å². The molecule has 1 heterocycles. The fourth-order valence-electron chi connectivity index (χ4n) is 1.04. The van der Waals surface area contributed by atoms with E-state index in [4.69, 9.17) is 0 Å². The molecule has 0 amide bonds. The lowest BCUT2D eigenvalue weighted by Crippen LogP contribution is -2.01. The highest BCUT2D eigenvalue weighted by molar-refractivity contribution is 4.88. The van der Waals surface area contributed by atoms with Crippen molar-refractivity contribution in [1.82, 2.24) is 9.55 Å². The molecule has 1 aromatic rings. The van der Waals surface area contributed by atoms with Gasteiger partial charge in [-0.3, -0.25) is 0 Å². The summed E-state index contributed by atoms with van der Waals surface area (Å²) in [5, 5.41) is 0. The molecule has 0 aromatic carbocycles. The second-order valence-corrected chi connectivity index (χ2v) is 3.35. The normalized spacial score (nSPS) is 10.9. The van der Waals surface area contributed by atoms with E-state index in [0.717, 1.165) is 18.3 Å². The molecule has 0 spiro atoms. The van der Waals surface area contributed by atoms with Gasteiger partial charge in [-0.1, -0.05) is 13.8 Å². The zero-order valence-electron chi connectivity index (χ0n) is 7.54. The standard InChI is InChI=1S/C9H16N2/c1-8(2)4-6-11-7-5-10-9(11)3/h5,7-8H,4,6H2,1-3H3. The van der Waals surface area contributed by atoms with E-state index in [1.165, 1.54) is 6.42 Å². The van der Waals surface area contributed by atoms with Gasteiger partial charge in [0.15, 0.2) is 0 Å². The lowest BCUT2D eigenvalue weighted by atomic mass is 10.1. The summed E-state index contributed by atoms with van der Waals surface area (Å²) in [6, 6.07) is 0. The van der Waals surface area contributed by atoms with Crippen molar-refractivity contribution in [2.45, 2.75) is 33.7 Å². The Kier molecular flexibility index (Phi) is 2.69. The Bertz CT molecular complexity index is 213. The lowest BCUT2D eigenvalue weighted by molar-refractivity contribution is 0.510. The Morgan fingerprint density at radius 3 is 2.73 bits per heavy atom. The van der Waals surface area contributed by atoms with Crippen LogP contribution in [0.3, 0.4) is 0 Å². The molecule has 0 aliphatic carbocycles. The molecule has 0 unspecified atom stereocenters. The van der Waals surface area contributed by atoms with Gasteiger partial charge in [-0.2, -0.15) is 0 Å². The Hall–Kier alpha value is -0.790. The third-order valence-electron chi connectivity index (χ3n) is 1.87. The van der Waals surface area contributed by atoms with E-state index in [0.29, 0.717) is 0 Å². The smallest absolute Gasteiger partial charge is 0.105 e. The number of nitrogens with zero attached hydrogens (tertiary/aromatic N) is 2. The number of hydrogen-bond donors (Lipinski definition) is 0. The lowest BCUT2D eigenvalue weighted by Gasteiger charge is -2.06. The van der Waals surface area contributed by atoms with Gasteiger partial charge in [-0.05, 0) is 19.3 Å². The summed E-state index contributed by atoms with van der Waals surface area (Å²) in [4.78, 5) is 4.16. The van der Waals surface area contributed by atoms with Crippen LogP contribution in [-0.4, -0.2) is 9.55 Å². The molecule has 62 valence electrons. The summed E-state index contributed by atoms with van der Waals surface area (Å²) in [5.74, 6) is 1.89. The van der Waals surface area contributed by atoms with Crippen LogP contribution in [0.1, 0.15) is 26.1 Å². The molecule has 0 saturated carbocycles. The number of hydrogen-bond acceptors (Lipinski definition) is 1. The average molecular weight is 152 g/mol. The molecule has 0 aliphatic heterocycles. The predicted molar refractivity (Wildman–Crippen MR) is 46.4 cm³/mol. The van der Waals surface area contributed by atoms with Crippen LogP contribution in [0.15, 0.2) is 12.4 Å². The van der Waals surface area contributed by atoms with Crippen LogP contribution >= 0.6 is 0 Å². The first kappa shape index (κ1) is 8.31. The van der Waals surface area contributed by atoms with E-state index in [1.54, 1.807) is 0 Å². The van der Waals surface area contributed by atoms with Crippen molar-refractivity contribution in [1.29, 1.82) is 0 Å². The van der Waals surface area contributed by atoms with Crippen molar-refractivity contribution in [2.75, 3.05) is 0 Å². The van der Waals surface area contributed by atoms with Gasteiger partial charge in [0.25, 0.3) is 0 Å². The number of rotatable bonds is 3. The van der Waals surface area contributed by atoms with Gasteiger partial charge < -0.3 is 4.57 Å². The van der Waals surface area contributed by atoms with Crippen molar-refractivity contribution in [3.8, 4) is 0 Å². The van der Waals surface area contributed by atoms with Crippen molar-refractivity contribution in [2.24, 2.45) is 5.92 Å². The van der Waals surface area contributed by atoms with E-state index < -0.39 is 0 Å². The minimum Gasteiger partial charge on any atom is -0.335 e. The minimum absolute atomic E-state index is 0.775. The van der Waals surface area contributed by atoms with Crippen molar-refractivity contribution < 1.29 is 0 Å². The third-order valence-corrected chi connectivity index (χ3v) is 1.87. The second-order valence-electron chi connectivity index (χ2n) is 3.35. The Morgan fingerprint density at radius 1 is 1.55 bits per heavy atom. The second kappa shape index (κ2) is 3.56. The van der Waals surface area contributed by atoms with Crippen LogP contribution < -0.4 is 0 Å². The maximum atomic E-state index is 4.16. The molecule has 1 rings (SSSR count). The van der Waals surface area contributed by atoms with Crippen molar-refractivity contribution >= 4 is 0 Å². The summed E-state index contributed by atoms with van der Waals surface area (Å²) < 4.78 is 2.19. The molecule has 0 N–H and O–H groups in total. The highest BCUT2D eigenvalue weighted by Gasteiger charge is 1.97. The van der Waals surface area contributed by atoms with E-state index in [9.17, 15) is 0 Å². The topological polar surface area (TPSA) is 17.8 Å². The van der Waals surface area contributed by atoms with Crippen molar-refractivity contribution in [3.63, 3.8) is 0 Å². The molecule has 0 fully saturated rings. The van der Waals surface area contributed by atoms with E-state index in [-0.39, 0.29) is 0 Å². The zero-order chi connectivity index (χ0) is 8.27. The fraction of sp³-hybridized carbons (Fsp3) is 0.667. The predicted octanol–water partition coefficient (Wildman–Crippen LogP) is 2.24. The van der Waals surface area contributed by atoms with Crippen LogP contribution in [0.2, 0.25) is 0 Å². The van der Waals surface area contributed by atoms with E-state index in [2.05, 4.69) is 23.4 Å². The van der Waals surface area contributed by atoms with Gasteiger partial charge in [-0.25, -0.2) is 4.98 Å². The number of aromatic nitrogens is 2. The van der Waals surface area contributed by atoms with Gasteiger partial charge >= 0.3 is 0 Å². The molecule has 2 heteroatoms. The van der Waals surface area contributed by atoms with Gasteiger partial charge in [0.2, 0.25) is 0 Å². The first-order chi connectivity index (χ1) is 5.20. The minimum atomic E-state index is 0.775. The van der Waals surface area contributed by atoms with Gasteiger partial charge in [0.1, 0.15) is 5.82 Å². The van der Waals surface area contributed by atoms with E-state index >= 15 is 0 Å². The first-order valence-corrected chi connectivity index (χ1v) is 4.18. The van der Waals surface area contributed by atoms with Crippen molar-refractivity contribution in [3.05, 3.63) is 18.2 Å². The average Bonchev–Trinajstić information content (AvgIpc) is 2.31. The maximum absolute atomic E-state index is 4.16. The largest absolute Gasteiger partial charge is 0.335 e. The monoisotopic (exact) mass is 152 g/mol. The quantitative estimate of drug-likeness (QED) is 0.649. The van der Waals surface area contributed by atoms with Crippen LogP contribution in [-0.2, 0) is 6.54 Å². The zero-order valence-corrected chi connectivity index (χ0v) is 7.54. The molecular formula is C9H16N2. The number of imidazole rings is 1.